The summed E-state index contributed by atoms with van der Waals surface area (Å²) in [5.74, 6) is 1.30. The summed E-state index contributed by atoms with van der Waals surface area (Å²) in [7, 11) is 1.70. The average molecular weight is 279 g/mol. The molecule has 1 aromatic heterocycles. The van der Waals surface area contributed by atoms with Gasteiger partial charge in [0, 0.05) is 13.6 Å². The van der Waals surface area contributed by atoms with Crippen LogP contribution in [0.3, 0.4) is 0 Å². The summed E-state index contributed by atoms with van der Waals surface area (Å²) < 4.78 is 0. The Hall–Kier alpha value is -1.92. The molecule has 1 aromatic rings. The van der Waals surface area contributed by atoms with Crippen molar-refractivity contribution in [3.8, 4) is 0 Å². The summed E-state index contributed by atoms with van der Waals surface area (Å²) in [6.45, 7) is 2.37. The van der Waals surface area contributed by atoms with Gasteiger partial charge in [-0.1, -0.05) is 19.3 Å². The lowest BCUT2D eigenvalue weighted by Gasteiger charge is -2.22. The first-order valence-corrected chi connectivity index (χ1v) is 7.06. The number of nitro groups is 1. The van der Waals surface area contributed by atoms with E-state index in [9.17, 15) is 10.1 Å². The van der Waals surface area contributed by atoms with Crippen LogP contribution in [0.5, 0.6) is 0 Å². The molecule has 0 aliphatic heterocycles. The molecule has 7 heteroatoms. The largest absolute Gasteiger partial charge is 0.364 e. The van der Waals surface area contributed by atoms with Crippen LogP contribution < -0.4 is 10.6 Å². The van der Waals surface area contributed by atoms with Gasteiger partial charge in [0.15, 0.2) is 0 Å². The molecule has 7 nitrogen and oxygen atoms in total. The molecule has 0 spiro atoms. The van der Waals surface area contributed by atoms with Crippen LogP contribution in [0.1, 0.15) is 37.8 Å². The molecule has 0 saturated heterocycles. The SMILES string of the molecule is CNc1nc(C)c([N+](=O)[O-])c(NCC2CCCCC2)n1. The number of aryl methyl sites for hydroxylation is 1. The third-order valence-electron chi connectivity index (χ3n) is 3.75. The smallest absolute Gasteiger partial charge is 0.332 e. The Morgan fingerprint density at radius 2 is 2.00 bits per heavy atom. The van der Waals surface area contributed by atoms with Gasteiger partial charge in [-0.25, -0.2) is 4.98 Å². The fourth-order valence-corrected chi connectivity index (χ4v) is 2.65. The zero-order valence-electron chi connectivity index (χ0n) is 12.0. The van der Waals surface area contributed by atoms with Gasteiger partial charge in [-0.2, -0.15) is 4.98 Å². The first kappa shape index (κ1) is 14.5. The highest BCUT2D eigenvalue weighted by Crippen LogP contribution is 2.28. The topological polar surface area (TPSA) is 93.0 Å². The number of rotatable bonds is 5. The predicted octanol–water partition coefficient (Wildman–Crippen LogP) is 2.73. The lowest BCUT2D eigenvalue weighted by atomic mass is 9.89. The lowest BCUT2D eigenvalue weighted by Crippen LogP contribution is -2.19. The van der Waals surface area contributed by atoms with E-state index in [1.165, 1.54) is 32.1 Å². The minimum atomic E-state index is -0.419. The van der Waals surface area contributed by atoms with Crippen molar-refractivity contribution in [1.29, 1.82) is 0 Å². The Balaban J connectivity index is 2.15. The number of hydrogen-bond donors (Lipinski definition) is 2. The molecule has 1 heterocycles. The molecule has 1 aliphatic rings. The lowest BCUT2D eigenvalue weighted by molar-refractivity contribution is -0.385. The van der Waals surface area contributed by atoms with E-state index in [-0.39, 0.29) is 5.69 Å². The first-order chi connectivity index (χ1) is 9.61. The maximum atomic E-state index is 11.2. The van der Waals surface area contributed by atoms with Crippen molar-refractivity contribution in [2.45, 2.75) is 39.0 Å². The third kappa shape index (κ3) is 3.34. The fraction of sp³-hybridized carbons (Fsp3) is 0.692. The van der Waals surface area contributed by atoms with Gasteiger partial charge in [-0.3, -0.25) is 10.1 Å². The van der Waals surface area contributed by atoms with Gasteiger partial charge in [0.05, 0.1) is 4.92 Å². The molecule has 0 aromatic carbocycles. The van der Waals surface area contributed by atoms with Gasteiger partial charge in [-0.05, 0) is 25.7 Å². The molecule has 0 bridgehead atoms. The van der Waals surface area contributed by atoms with Crippen LogP contribution in [0.2, 0.25) is 0 Å². The number of hydrogen-bond acceptors (Lipinski definition) is 6. The van der Waals surface area contributed by atoms with Crippen LogP contribution in [-0.2, 0) is 0 Å². The molecule has 0 atom stereocenters. The Labute approximate surface area is 118 Å². The maximum absolute atomic E-state index is 11.2. The quantitative estimate of drug-likeness (QED) is 0.636. The van der Waals surface area contributed by atoms with Crippen molar-refractivity contribution in [3.63, 3.8) is 0 Å². The Kier molecular flexibility index (Phi) is 4.70. The molecule has 2 N–H and O–H groups in total. The summed E-state index contributed by atoms with van der Waals surface area (Å²) in [5, 5.41) is 17.1. The van der Waals surface area contributed by atoms with E-state index in [2.05, 4.69) is 20.6 Å². The van der Waals surface area contributed by atoms with Gasteiger partial charge >= 0.3 is 5.69 Å². The highest BCUT2D eigenvalue weighted by molar-refractivity contribution is 5.60. The first-order valence-electron chi connectivity index (χ1n) is 7.06. The highest BCUT2D eigenvalue weighted by Gasteiger charge is 2.23. The van der Waals surface area contributed by atoms with E-state index < -0.39 is 4.92 Å². The molecule has 1 fully saturated rings. The van der Waals surface area contributed by atoms with Gasteiger partial charge in [-0.15, -0.1) is 0 Å². The molecule has 2 rings (SSSR count). The molecule has 1 saturated carbocycles. The van der Waals surface area contributed by atoms with Crippen molar-refractivity contribution in [1.82, 2.24) is 9.97 Å². The highest BCUT2D eigenvalue weighted by atomic mass is 16.6. The van der Waals surface area contributed by atoms with Crippen LogP contribution in [0.25, 0.3) is 0 Å². The second kappa shape index (κ2) is 6.49. The van der Waals surface area contributed by atoms with E-state index in [4.69, 9.17) is 0 Å². The van der Waals surface area contributed by atoms with Crippen molar-refractivity contribution in [3.05, 3.63) is 15.8 Å². The van der Waals surface area contributed by atoms with Gasteiger partial charge in [0.1, 0.15) is 5.69 Å². The molecule has 1 aliphatic carbocycles. The number of nitrogens with one attached hydrogen (secondary N) is 2. The van der Waals surface area contributed by atoms with Crippen molar-refractivity contribution < 1.29 is 4.92 Å². The molecule has 20 heavy (non-hydrogen) atoms. The molecular formula is C13H21N5O2. The normalized spacial score (nSPS) is 15.9. The van der Waals surface area contributed by atoms with Gasteiger partial charge < -0.3 is 10.6 Å². The van der Waals surface area contributed by atoms with Crippen LogP contribution in [0.15, 0.2) is 0 Å². The van der Waals surface area contributed by atoms with Crippen molar-refractivity contribution in [2.75, 3.05) is 24.2 Å². The van der Waals surface area contributed by atoms with Gasteiger partial charge in [0.2, 0.25) is 11.8 Å². The molecule has 0 amide bonds. The Morgan fingerprint density at radius 1 is 1.30 bits per heavy atom. The van der Waals surface area contributed by atoms with Gasteiger partial charge in [0.25, 0.3) is 0 Å². The average Bonchev–Trinajstić information content (AvgIpc) is 2.45. The number of nitrogens with zero attached hydrogens (tertiary/aromatic N) is 3. The summed E-state index contributed by atoms with van der Waals surface area (Å²) in [4.78, 5) is 19.0. The fourth-order valence-electron chi connectivity index (χ4n) is 2.65. The Bertz CT molecular complexity index is 486. The monoisotopic (exact) mass is 279 g/mol. The van der Waals surface area contributed by atoms with Crippen LogP contribution >= 0.6 is 0 Å². The minimum absolute atomic E-state index is 0.0280. The maximum Gasteiger partial charge on any atom is 0.332 e. The van der Waals surface area contributed by atoms with Crippen LogP contribution in [0, 0.1) is 23.0 Å². The Morgan fingerprint density at radius 3 is 2.60 bits per heavy atom. The molecule has 0 unspecified atom stereocenters. The van der Waals surface area contributed by atoms with E-state index in [1.54, 1.807) is 14.0 Å². The molecular weight excluding hydrogens is 258 g/mol. The van der Waals surface area contributed by atoms with Crippen LogP contribution in [0.4, 0.5) is 17.5 Å². The van der Waals surface area contributed by atoms with Crippen LogP contribution in [-0.4, -0.2) is 28.5 Å². The second-order valence-electron chi connectivity index (χ2n) is 5.22. The van der Waals surface area contributed by atoms with E-state index in [0.29, 0.717) is 23.4 Å². The molecule has 0 radical (unpaired) electrons. The third-order valence-corrected chi connectivity index (χ3v) is 3.75. The number of anilines is 2. The van der Waals surface area contributed by atoms with E-state index >= 15 is 0 Å². The second-order valence-corrected chi connectivity index (χ2v) is 5.22. The van der Waals surface area contributed by atoms with E-state index in [1.807, 2.05) is 0 Å². The molecule has 110 valence electrons. The standard InChI is InChI=1S/C13H21N5O2/c1-9-11(18(19)20)12(17-13(14-2)16-9)15-8-10-6-4-3-5-7-10/h10H,3-8H2,1-2H3,(H2,14,15,16,17). The summed E-state index contributed by atoms with van der Waals surface area (Å²) in [5.41, 5.74) is 0.348. The van der Waals surface area contributed by atoms with E-state index in [0.717, 1.165) is 6.54 Å². The summed E-state index contributed by atoms with van der Waals surface area (Å²) >= 11 is 0. The summed E-state index contributed by atoms with van der Waals surface area (Å²) in [6.07, 6.45) is 6.17. The summed E-state index contributed by atoms with van der Waals surface area (Å²) in [6, 6.07) is 0. The predicted molar refractivity (Wildman–Crippen MR) is 78.0 cm³/mol. The van der Waals surface area contributed by atoms with Crippen molar-refractivity contribution >= 4 is 17.5 Å². The minimum Gasteiger partial charge on any atom is -0.364 e. The number of aromatic nitrogens is 2. The zero-order chi connectivity index (χ0) is 14.5. The zero-order valence-corrected chi connectivity index (χ0v) is 12.0. The van der Waals surface area contributed by atoms with Crippen molar-refractivity contribution in [2.24, 2.45) is 5.92 Å².